The first-order chi connectivity index (χ1) is 9.10. The number of aryl methyl sites for hydroxylation is 1. The molecule has 2 rings (SSSR count). The summed E-state index contributed by atoms with van der Waals surface area (Å²) >= 11 is 3.41. The molecule has 0 amide bonds. The molecule has 100 valence electrons. The fourth-order valence-corrected chi connectivity index (χ4v) is 2.00. The summed E-state index contributed by atoms with van der Waals surface area (Å²) in [6.07, 6.45) is 0. The molecule has 0 saturated heterocycles. The molecular formula is C14H16BrN3O. The molecule has 0 spiro atoms. The number of likely N-dealkylation sites (N-methyl/N-ethyl adjacent to an activating group) is 1. The zero-order chi connectivity index (χ0) is 13.8. The van der Waals surface area contributed by atoms with Gasteiger partial charge < -0.3 is 10.0 Å². The van der Waals surface area contributed by atoms with Crippen molar-refractivity contribution in [1.82, 2.24) is 9.97 Å². The highest BCUT2D eigenvalue weighted by atomic mass is 79.9. The van der Waals surface area contributed by atoms with Gasteiger partial charge in [-0.05, 0) is 19.1 Å². The molecule has 0 aliphatic rings. The quantitative estimate of drug-likeness (QED) is 0.940. The van der Waals surface area contributed by atoms with E-state index in [1.165, 1.54) is 0 Å². The number of nitrogens with zero attached hydrogens (tertiary/aromatic N) is 3. The van der Waals surface area contributed by atoms with Crippen molar-refractivity contribution in [2.75, 3.05) is 25.1 Å². The van der Waals surface area contributed by atoms with Gasteiger partial charge in [0.1, 0.15) is 5.82 Å². The second kappa shape index (κ2) is 6.12. The van der Waals surface area contributed by atoms with Crippen LogP contribution in [0, 0.1) is 6.92 Å². The highest BCUT2D eigenvalue weighted by Crippen LogP contribution is 2.21. The zero-order valence-electron chi connectivity index (χ0n) is 11.0. The average Bonchev–Trinajstić information content (AvgIpc) is 2.39. The summed E-state index contributed by atoms with van der Waals surface area (Å²) in [5.74, 6) is 1.52. The summed E-state index contributed by atoms with van der Waals surface area (Å²) in [4.78, 5) is 10.9. The number of halogens is 1. The van der Waals surface area contributed by atoms with Crippen molar-refractivity contribution < 1.29 is 5.11 Å². The number of hydrogen-bond donors (Lipinski definition) is 1. The fourth-order valence-electron chi connectivity index (χ4n) is 1.74. The van der Waals surface area contributed by atoms with Gasteiger partial charge in [-0.3, -0.25) is 0 Å². The maximum Gasteiger partial charge on any atom is 0.161 e. The summed E-state index contributed by atoms with van der Waals surface area (Å²) in [5.41, 5.74) is 1.89. The maximum absolute atomic E-state index is 8.99. The summed E-state index contributed by atoms with van der Waals surface area (Å²) < 4.78 is 1.03. The summed E-state index contributed by atoms with van der Waals surface area (Å²) in [5, 5.41) is 8.99. The van der Waals surface area contributed by atoms with Crippen LogP contribution in [0.3, 0.4) is 0 Å². The summed E-state index contributed by atoms with van der Waals surface area (Å²) in [7, 11) is 1.91. The van der Waals surface area contributed by atoms with E-state index in [1.807, 2.05) is 49.2 Å². The third kappa shape index (κ3) is 3.52. The second-order valence-corrected chi connectivity index (χ2v) is 5.26. The molecule has 1 heterocycles. The van der Waals surface area contributed by atoms with E-state index in [4.69, 9.17) is 5.11 Å². The van der Waals surface area contributed by atoms with E-state index in [0.717, 1.165) is 21.5 Å². The molecule has 19 heavy (non-hydrogen) atoms. The van der Waals surface area contributed by atoms with Crippen molar-refractivity contribution in [1.29, 1.82) is 0 Å². The molecule has 0 saturated carbocycles. The average molecular weight is 322 g/mol. The van der Waals surface area contributed by atoms with E-state index in [9.17, 15) is 0 Å². The number of aliphatic hydroxyl groups excluding tert-OH is 1. The Morgan fingerprint density at radius 2 is 1.89 bits per heavy atom. The Bertz CT molecular complexity index is 557. The topological polar surface area (TPSA) is 49.2 Å². The largest absolute Gasteiger partial charge is 0.395 e. The molecular weight excluding hydrogens is 306 g/mol. The zero-order valence-corrected chi connectivity index (χ0v) is 12.6. The Morgan fingerprint density at radius 1 is 1.21 bits per heavy atom. The Kier molecular flexibility index (Phi) is 4.50. The molecule has 5 heteroatoms. The highest BCUT2D eigenvalue weighted by molar-refractivity contribution is 9.10. The van der Waals surface area contributed by atoms with Crippen LogP contribution in [0.1, 0.15) is 5.69 Å². The number of aromatic nitrogens is 2. The highest BCUT2D eigenvalue weighted by Gasteiger charge is 2.08. The van der Waals surface area contributed by atoms with E-state index in [2.05, 4.69) is 25.9 Å². The van der Waals surface area contributed by atoms with Crippen molar-refractivity contribution in [2.24, 2.45) is 0 Å². The van der Waals surface area contributed by atoms with E-state index >= 15 is 0 Å². The molecule has 0 fully saturated rings. The van der Waals surface area contributed by atoms with Crippen LogP contribution >= 0.6 is 15.9 Å². The minimum Gasteiger partial charge on any atom is -0.395 e. The molecule has 1 aromatic heterocycles. The van der Waals surface area contributed by atoms with Crippen LogP contribution < -0.4 is 4.90 Å². The minimum atomic E-state index is 0.104. The first-order valence-corrected chi connectivity index (χ1v) is 6.83. The molecule has 2 aromatic rings. The van der Waals surface area contributed by atoms with Crippen LogP contribution in [0.2, 0.25) is 0 Å². The van der Waals surface area contributed by atoms with Gasteiger partial charge >= 0.3 is 0 Å². The standard InChI is InChI=1S/C14H16BrN3O/c1-10-9-13(18(2)7-8-19)17-14(16-10)11-3-5-12(15)6-4-11/h3-6,9,19H,7-8H2,1-2H3. The number of benzene rings is 1. The number of aliphatic hydroxyl groups is 1. The Hall–Kier alpha value is -1.46. The van der Waals surface area contributed by atoms with Crippen LogP contribution in [0.4, 0.5) is 5.82 Å². The van der Waals surface area contributed by atoms with Gasteiger partial charge in [0.25, 0.3) is 0 Å². The number of anilines is 1. The summed E-state index contributed by atoms with van der Waals surface area (Å²) in [6, 6.07) is 9.82. The lowest BCUT2D eigenvalue weighted by atomic mass is 10.2. The molecule has 1 N–H and O–H groups in total. The minimum absolute atomic E-state index is 0.104. The van der Waals surface area contributed by atoms with Gasteiger partial charge in [0, 0.05) is 35.4 Å². The van der Waals surface area contributed by atoms with Crippen LogP contribution in [0.15, 0.2) is 34.8 Å². The van der Waals surface area contributed by atoms with Crippen LogP contribution in [0.25, 0.3) is 11.4 Å². The molecule has 0 atom stereocenters. The molecule has 4 nitrogen and oxygen atoms in total. The Morgan fingerprint density at radius 3 is 2.53 bits per heavy atom. The van der Waals surface area contributed by atoms with E-state index < -0.39 is 0 Å². The van der Waals surface area contributed by atoms with Gasteiger partial charge in [0.2, 0.25) is 0 Å². The molecule has 1 aromatic carbocycles. The smallest absolute Gasteiger partial charge is 0.161 e. The van der Waals surface area contributed by atoms with Crippen molar-refractivity contribution in [2.45, 2.75) is 6.92 Å². The Labute approximate surface area is 121 Å². The van der Waals surface area contributed by atoms with Crippen LogP contribution in [0.5, 0.6) is 0 Å². The lowest BCUT2D eigenvalue weighted by molar-refractivity contribution is 0.304. The molecule has 0 bridgehead atoms. The van der Waals surface area contributed by atoms with Crippen molar-refractivity contribution in [3.8, 4) is 11.4 Å². The predicted molar refractivity (Wildman–Crippen MR) is 80.3 cm³/mol. The number of hydrogen-bond acceptors (Lipinski definition) is 4. The van der Waals surface area contributed by atoms with Gasteiger partial charge in [0.15, 0.2) is 5.82 Å². The predicted octanol–water partition coefficient (Wildman–Crippen LogP) is 2.64. The third-order valence-corrected chi connectivity index (χ3v) is 3.30. The molecule has 0 aliphatic carbocycles. The van der Waals surface area contributed by atoms with Gasteiger partial charge in [-0.25, -0.2) is 9.97 Å². The SMILES string of the molecule is Cc1cc(N(C)CCO)nc(-c2ccc(Br)cc2)n1. The molecule has 0 aliphatic heterocycles. The van der Waals surface area contributed by atoms with Gasteiger partial charge in [-0.1, -0.05) is 28.1 Å². The van der Waals surface area contributed by atoms with E-state index in [1.54, 1.807) is 0 Å². The Balaban J connectivity index is 2.38. The first-order valence-electron chi connectivity index (χ1n) is 6.04. The summed E-state index contributed by atoms with van der Waals surface area (Å²) in [6.45, 7) is 2.60. The third-order valence-electron chi connectivity index (χ3n) is 2.77. The normalized spacial score (nSPS) is 10.5. The lowest BCUT2D eigenvalue weighted by Crippen LogP contribution is -2.22. The van der Waals surface area contributed by atoms with Crippen molar-refractivity contribution in [3.63, 3.8) is 0 Å². The fraction of sp³-hybridized carbons (Fsp3) is 0.286. The maximum atomic E-state index is 8.99. The van der Waals surface area contributed by atoms with Crippen LogP contribution in [-0.2, 0) is 0 Å². The first kappa shape index (κ1) is 14.0. The van der Waals surface area contributed by atoms with Gasteiger partial charge in [-0.2, -0.15) is 0 Å². The van der Waals surface area contributed by atoms with E-state index in [-0.39, 0.29) is 6.61 Å². The number of rotatable bonds is 4. The molecule has 0 radical (unpaired) electrons. The second-order valence-electron chi connectivity index (χ2n) is 4.34. The van der Waals surface area contributed by atoms with Crippen molar-refractivity contribution in [3.05, 3.63) is 40.5 Å². The van der Waals surface area contributed by atoms with Crippen molar-refractivity contribution >= 4 is 21.7 Å². The molecule has 0 unspecified atom stereocenters. The van der Waals surface area contributed by atoms with E-state index in [0.29, 0.717) is 12.4 Å². The van der Waals surface area contributed by atoms with Gasteiger partial charge in [0.05, 0.1) is 6.61 Å². The monoisotopic (exact) mass is 321 g/mol. The van der Waals surface area contributed by atoms with Gasteiger partial charge in [-0.15, -0.1) is 0 Å². The van der Waals surface area contributed by atoms with Crippen LogP contribution in [-0.4, -0.2) is 35.3 Å². The lowest BCUT2D eigenvalue weighted by Gasteiger charge is -2.17.